The number of aromatic nitrogens is 2. The summed E-state index contributed by atoms with van der Waals surface area (Å²) in [7, 11) is -2.93. The first-order valence-electron chi connectivity index (χ1n) is 24.8. The highest BCUT2D eigenvalue weighted by molar-refractivity contribution is 7.20. The van der Waals surface area contributed by atoms with E-state index in [0.717, 1.165) is 78.4 Å². The molecule has 15 rings (SSSR count). The number of hydrogen-bond donors (Lipinski definition) is 0. The van der Waals surface area contributed by atoms with Crippen molar-refractivity contribution in [3.63, 3.8) is 0 Å². The lowest BCUT2D eigenvalue weighted by Gasteiger charge is -2.35. The molecule has 336 valence electrons. The van der Waals surface area contributed by atoms with Gasteiger partial charge in [-0.1, -0.05) is 212 Å². The van der Waals surface area contributed by atoms with Crippen molar-refractivity contribution in [2.45, 2.75) is 0 Å². The van der Waals surface area contributed by atoms with E-state index < -0.39 is 8.07 Å². The van der Waals surface area contributed by atoms with Gasteiger partial charge in [-0.3, -0.25) is 0 Å². The first-order chi connectivity index (χ1) is 35.7. The fraction of sp³-hybridized carbons (Fsp3) is 0. The Hall–Kier alpha value is -9.10. The van der Waals surface area contributed by atoms with Gasteiger partial charge in [-0.05, 0) is 79.7 Å². The smallest absolute Gasteiger partial charge is 0.260 e. The Morgan fingerprint density at radius 2 is 0.819 bits per heavy atom. The molecule has 0 aliphatic carbocycles. The maximum atomic E-state index is 7.18. The van der Waals surface area contributed by atoms with Crippen LogP contribution in [0.15, 0.2) is 261 Å². The third-order valence-electron chi connectivity index (χ3n) is 15.4. The van der Waals surface area contributed by atoms with E-state index in [1.165, 1.54) is 47.8 Å². The fourth-order valence-corrected chi connectivity index (χ4v) is 17.2. The van der Waals surface area contributed by atoms with Crippen LogP contribution in [0.2, 0.25) is 0 Å². The number of rotatable bonds is 7. The Bertz CT molecular complexity index is 4190. The van der Waals surface area contributed by atoms with Crippen molar-refractivity contribution in [3.8, 4) is 45.5 Å². The molecule has 0 amide bonds. The van der Waals surface area contributed by atoms with E-state index in [1.54, 1.807) is 0 Å². The van der Waals surface area contributed by atoms with Crippen LogP contribution in [0.5, 0.6) is 23.0 Å². The molecule has 0 unspecified atom stereocenters. The van der Waals surface area contributed by atoms with Gasteiger partial charge in [0, 0.05) is 44.3 Å². The van der Waals surface area contributed by atoms with E-state index in [2.05, 4.69) is 264 Å². The second kappa shape index (κ2) is 16.0. The SMILES string of the molecule is c1ccc(-n2c3ccccc3c3ccc4c5ccccc5n(-c5cc6c(cc5-c5cccc([Si](c7ccccc7)(c7ccccc7)c7ccccc7)c5)B5c7ccccc7Oc7cccc(c75)O6)c4c32)cc1. The zero-order valence-corrected chi connectivity index (χ0v) is 40.1. The molecule has 4 nitrogen and oxygen atoms in total. The molecule has 0 N–H and O–H groups in total. The summed E-state index contributed by atoms with van der Waals surface area (Å²) < 4.78 is 18.8. The standard InChI is InChI=1S/C66H43BN2O2Si/c1-5-22-45(23-6-1)68-57-34-16-13-31-50(57)52-39-40-53-51-32-14-17-35-58(51)69(66(53)65(52)68)59-43-63-56(67-55-33-15-18-36-60(55)70-61-37-20-38-62(71-63)64(61)67)42-54(59)44-21-19-30-49(41-44)72(46-24-7-2-8-25-46,47-26-9-3-10-27-47)48-28-11-4-12-29-48/h1-43H. The molecule has 72 heavy (non-hydrogen) atoms. The molecule has 0 spiro atoms. The number of fused-ring (bicyclic) bond motifs is 11. The van der Waals surface area contributed by atoms with E-state index in [1.807, 2.05) is 6.07 Å². The number of nitrogens with zero attached hydrogens (tertiary/aromatic N) is 2. The van der Waals surface area contributed by atoms with Crippen molar-refractivity contribution in [1.82, 2.24) is 9.13 Å². The highest BCUT2D eigenvalue weighted by Gasteiger charge is 2.43. The first-order valence-corrected chi connectivity index (χ1v) is 26.8. The fourth-order valence-electron chi connectivity index (χ4n) is 12.4. The summed E-state index contributed by atoms with van der Waals surface area (Å²) in [6.45, 7) is -0.113. The molecular formula is C66H43BN2O2Si. The van der Waals surface area contributed by atoms with Gasteiger partial charge in [0.2, 0.25) is 0 Å². The summed E-state index contributed by atoms with van der Waals surface area (Å²) >= 11 is 0. The summed E-state index contributed by atoms with van der Waals surface area (Å²) in [6, 6.07) is 95.8. The molecule has 0 fully saturated rings. The Morgan fingerprint density at radius 3 is 1.46 bits per heavy atom. The van der Waals surface area contributed by atoms with Crippen LogP contribution in [0.1, 0.15) is 0 Å². The lowest BCUT2D eigenvalue weighted by atomic mass is 9.34. The molecule has 0 saturated carbocycles. The predicted molar refractivity (Wildman–Crippen MR) is 302 cm³/mol. The van der Waals surface area contributed by atoms with Gasteiger partial charge in [0.1, 0.15) is 23.0 Å². The first kappa shape index (κ1) is 40.8. The van der Waals surface area contributed by atoms with E-state index in [-0.39, 0.29) is 6.71 Å². The van der Waals surface area contributed by atoms with Crippen molar-refractivity contribution in [2.75, 3.05) is 0 Å². The lowest BCUT2D eigenvalue weighted by Crippen LogP contribution is -2.74. The number of hydrogen-bond acceptors (Lipinski definition) is 2. The molecule has 0 saturated heterocycles. The lowest BCUT2D eigenvalue weighted by molar-refractivity contribution is 0.464. The van der Waals surface area contributed by atoms with Crippen LogP contribution in [-0.2, 0) is 0 Å². The van der Waals surface area contributed by atoms with Crippen molar-refractivity contribution in [3.05, 3.63) is 261 Å². The van der Waals surface area contributed by atoms with Crippen LogP contribution in [0, 0.1) is 0 Å². The summed E-state index contributed by atoms with van der Waals surface area (Å²) in [4.78, 5) is 0. The third-order valence-corrected chi connectivity index (χ3v) is 20.1. The summed E-state index contributed by atoms with van der Waals surface area (Å²) in [5.41, 5.74) is 12.3. The van der Waals surface area contributed by atoms with E-state index in [9.17, 15) is 0 Å². The molecular weight excluding hydrogens is 892 g/mol. The van der Waals surface area contributed by atoms with E-state index in [0.29, 0.717) is 0 Å². The normalized spacial score (nSPS) is 12.6. The molecule has 0 bridgehead atoms. The predicted octanol–water partition coefficient (Wildman–Crippen LogP) is 11.7. The molecule has 2 aromatic heterocycles. The molecule has 0 atom stereocenters. The maximum Gasteiger partial charge on any atom is 0.260 e. The molecule has 11 aromatic carbocycles. The van der Waals surface area contributed by atoms with Crippen molar-refractivity contribution in [2.24, 2.45) is 0 Å². The van der Waals surface area contributed by atoms with Crippen LogP contribution in [0.25, 0.3) is 66.1 Å². The van der Waals surface area contributed by atoms with Gasteiger partial charge in [0.05, 0.1) is 27.8 Å². The van der Waals surface area contributed by atoms with Crippen LogP contribution < -0.4 is 46.6 Å². The Morgan fingerprint density at radius 1 is 0.333 bits per heavy atom. The summed E-state index contributed by atoms with van der Waals surface area (Å²) in [5.74, 6) is 3.35. The zero-order chi connectivity index (χ0) is 47.3. The third kappa shape index (κ3) is 5.87. The number of para-hydroxylation sites is 4. The second-order valence-electron chi connectivity index (χ2n) is 19.1. The van der Waals surface area contributed by atoms with Gasteiger partial charge >= 0.3 is 0 Å². The minimum atomic E-state index is -2.93. The minimum Gasteiger partial charge on any atom is -0.458 e. The molecule has 13 aromatic rings. The summed E-state index contributed by atoms with van der Waals surface area (Å²) in [5, 5.41) is 10.1. The number of benzene rings is 11. The quantitative estimate of drug-likeness (QED) is 0.118. The van der Waals surface area contributed by atoms with Gasteiger partial charge in [-0.15, -0.1) is 0 Å². The van der Waals surface area contributed by atoms with Crippen molar-refractivity contribution in [1.29, 1.82) is 0 Å². The van der Waals surface area contributed by atoms with Crippen molar-refractivity contribution < 1.29 is 9.47 Å². The highest BCUT2D eigenvalue weighted by atomic mass is 28.3. The Balaban J connectivity index is 1.09. The number of ether oxygens (including phenoxy) is 2. The average Bonchev–Trinajstić information content (AvgIpc) is 3.97. The largest absolute Gasteiger partial charge is 0.458 e. The Labute approximate surface area is 418 Å². The van der Waals surface area contributed by atoms with Gasteiger partial charge < -0.3 is 18.6 Å². The summed E-state index contributed by atoms with van der Waals surface area (Å²) in [6.07, 6.45) is 0. The van der Waals surface area contributed by atoms with Crippen LogP contribution in [-0.4, -0.2) is 23.9 Å². The molecule has 4 heterocycles. The van der Waals surface area contributed by atoms with Crippen LogP contribution >= 0.6 is 0 Å². The van der Waals surface area contributed by atoms with Gasteiger partial charge in [-0.25, -0.2) is 0 Å². The van der Waals surface area contributed by atoms with Crippen molar-refractivity contribution >= 4 is 95.5 Å². The van der Waals surface area contributed by atoms with Gasteiger partial charge in [0.25, 0.3) is 6.71 Å². The van der Waals surface area contributed by atoms with Crippen LogP contribution in [0.3, 0.4) is 0 Å². The highest BCUT2D eigenvalue weighted by Crippen LogP contribution is 2.45. The molecule has 2 aliphatic rings. The van der Waals surface area contributed by atoms with Gasteiger partial charge in [0.15, 0.2) is 8.07 Å². The maximum absolute atomic E-state index is 7.18. The topological polar surface area (TPSA) is 28.3 Å². The zero-order valence-electron chi connectivity index (χ0n) is 39.1. The molecule has 2 aliphatic heterocycles. The van der Waals surface area contributed by atoms with Gasteiger partial charge in [-0.2, -0.15) is 0 Å². The van der Waals surface area contributed by atoms with E-state index in [4.69, 9.17) is 9.47 Å². The average molecular weight is 935 g/mol. The van der Waals surface area contributed by atoms with Crippen LogP contribution in [0.4, 0.5) is 0 Å². The molecule has 6 heteroatoms. The monoisotopic (exact) mass is 934 g/mol. The van der Waals surface area contributed by atoms with E-state index >= 15 is 0 Å². The molecule has 0 radical (unpaired) electrons. The Kier molecular flexibility index (Phi) is 9.04. The second-order valence-corrected chi connectivity index (χ2v) is 22.9. The minimum absolute atomic E-state index is 0.113.